The highest BCUT2D eigenvalue weighted by Gasteiger charge is 2.12. The Labute approximate surface area is 135 Å². The molecular formula is C17H20N6. The SMILES string of the molecule is Cc1ccc(/C(N)=C(\Cn2nnc3ccccc32)N(C)N)cc1. The monoisotopic (exact) mass is 308 g/mol. The Bertz CT molecular complexity index is 845. The van der Waals surface area contributed by atoms with Gasteiger partial charge in [-0.15, -0.1) is 5.10 Å². The van der Waals surface area contributed by atoms with Crippen molar-refractivity contribution in [2.24, 2.45) is 11.6 Å². The maximum Gasteiger partial charge on any atom is 0.113 e. The van der Waals surface area contributed by atoms with Crippen LogP contribution in [0.25, 0.3) is 16.7 Å². The second kappa shape index (κ2) is 6.10. The number of likely N-dealkylation sites (N-methyl/N-ethyl adjacent to an activating group) is 1. The minimum Gasteiger partial charge on any atom is -0.397 e. The lowest BCUT2D eigenvalue weighted by Gasteiger charge is -2.20. The molecule has 0 atom stereocenters. The maximum atomic E-state index is 6.35. The van der Waals surface area contributed by atoms with E-state index in [4.69, 9.17) is 11.6 Å². The third-order valence-electron chi connectivity index (χ3n) is 3.82. The summed E-state index contributed by atoms with van der Waals surface area (Å²) in [6, 6.07) is 15.8. The quantitative estimate of drug-likeness (QED) is 0.567. The summed E-state index contributed by atoms with van der Waals surface area (Å²) in [5, 5.41) is 9.90. The number of nitrogens with two attached hydrogens (primary N) is 2. The minimum absolute atomic E-state index is 0.452. The molecule has 3 rings (SSSR count). The molecule has 0 amide bonds. The fourth-order valence-corrected chi connectivity index (χ4v) is 2.46. The predicted molar refractivity (Wildman–Crippen MR) is 91.8 cm³/mol. The van der Waals surface area contributed by atoms with Crippen molar-refractivity contribution >= 4 is 16.7 Å². The van der Waals surface area contributed by atoms with Crippen LogP contribution in [0.1, 0.15) is 11.1 Å². The van der Waals surface area contributed by atoms with Gasteiger partial charge in [0.25, 0.3) is 0 Å². The van der Waals surface area contributed by atoms with E-state index < -0.39 is 0 Å². The van der Waals surface area contributed by atoms with Crippen LogP contribution in [0, 0.1) is 6.92 Å². The zero-order valence-electron chi connectivity index (χ0n) is 13.3. The van der Waals surface area contributed by atoms with Crippen molar-refractivity contribution in [1.29, 1.82) is 0 Å². The third kappa shape index (κ3) is 3.02. The summed E-state index contributed by atoms with van der Waals surface area (Å²) in [4.78, 5) is 0. The van der Waals surface area contributed by atoms with Gasteiger partial charge in [-0.05, 0) is 24.6 Å². The second-order valence-corrected chi connectivity index (χ2v) is 5.57. The van der Waals surface area contributed by atoms with Crippen LogP contribution in [-0.4, -0.2) is 27.1 Å². The zero-order valence-corrected chi connectivity index (χ0v) is 13.3. The molecule has 2 aromatic carbocycles. The number of aryl methyl sites for hydroxylation is 1. The van der Waals surface area contributed by atoms with Gasteiger partial charge in [-0.25, -0.2) is 10.5 Å². The van der Waals surface area contributed by atoms with Gasteiger partial charge in [-0.3, -0.25) is 0 Å². The number of nitrogens with zero attached hydrogens (tertiary/aromatic N) is 4. The molecule has 1 heterocycles. The van der Waals surface area contributed by atoms with Crippen LogP contribution in [0.3, 0.4) is 0 Å². The van der Waals surface area contributed by atoms with Crippen molar-refractivity contribution in [3.63, 3.8) is 0 Å². The van der Waals surface area contributed by atoms with Crippen LogP contribution >= 0.6 is 0 Å². The molecule has 0 spiro atoms. The van der Waals surface area contributed by atoms with Crippen LogP contribution < -0.4 is 11.6 Å². The molecule has 0 aliphatic rings. The number of benzene rings is 2. The molecule has 3 aromatic rings. The van der Waals surface area contributed by atoms with Crippen LogP contribution in [0.5, 0.6) is 0 Å². The van der Waals surface area contributed by atoms with E-state index in [0.717, 1.165) is 22.3 Å². The molecule has 6 heteroatoms. The number of hydrazine groups is 1. The number of hydrogen-bond donors (Lipinski definition) is 2. The van der Waals surface area contributed by atoms with E-state index in [1.807, 2.05) is 55.5 Å². The Hall–Kier alpha value is -2.86. The summed E-state index contributed by atoms with van der Waals surface area (Å²) < 4.78 is 1.80. The van der Waals surface area contributed by atoms with Gasteiger partial charge in [0, 0.05) is 7.05 Å². The predicted octanol–water partition coefficient (Wildman–Crippen LogP) is 1.87. The van der Waals surface area contributed by atoms with Gasteiger partial charge in [0.05, 0.1) is 23.5 Å². The van der Waals surface area contributed by atoms with Crippen molar-refractivity contribution in [2.45, 2.75) is 13.5 Å². The number of aromatic nitrogens is 3. The van der Waals surface area contributed by atoms with Crippen LogP contribution in [-0.2, 0) is 6.54 Å². The highest BCUT2D eigenvalue weighted by atomic mass is 15.5. The zero-order chi connectivity index (χ0) is 16.4. The van der Waals surface area contributed by atoms with Crippen molar-refractivity contribution in [3.8, 4) is 0 Å². The van der Waals surface area contributed by atoms with Crippen molar-refractivity contribution in [2.75, 3.05) is 7.05 Å². The molecule has 1 aromatic heterocycles. The number of allylic oxidation sites excluding steroid dienone is 1. The molecule has 0 bridgehead atoms. The number of para-hydroxylation sites is 1. The molecule has 23 heavy (non-hydrogen) atoms. The highest BCUT2D eigenvalue weighted by Crippen LogP contribution is 2.18. The standard InChI is InChI=1S/C17H20N6/c1-12-7-9-13(10-8-12)17(18)16(22(2)19)11-23-15-6-4-3-5-14(15)20-21-23/h3-10H,11,18-19H2,1-2H3/b17-16-. The van der Waals surface area contributed by atoms with Gasteiger partial charge in [-0.1, -0.05) is 47.2 Å². The van der Waals surface area contributed by atoms with Crippen LogP contribution in [0.15, 0.2) is 54.2 Å². The van der Waals surface area contributed by atoms with E-state index in [1.165, 1.54) is 10.6 Å². The average molecular weight is 308 g/mol. The summed E-state index contributed by atoms with van der Waals surface area (Å²) in [5.41, 5.74) is 11.7. The molecule has 6 nitrogen and oxygen atoms in total. The van der Waals surface area contributed by atoms with E-state index in [1.54, 1.807) is 11.7 Å². The summed E-state index contributed by atoms with van der Waals surface area (Å²) in [6.45, 7) is 2.49. The summed E-state index contributed by atoms with van der Waals surface area (Å²) in [5.74, 6) is 6.00. The van der Waals surface area contributed by atoms with Gasteiger partial charge in [-0.2, -0.15) is 0 Å². The Balaban J connectivity index is 2.01. The number of rotatable bonds is 4. The molecule has 118 valence electrons. The van der Waals surface area contributed by atoms with Gasteiger partial charge in [0.1, 0.15) is 5.52 Å². The Morgan fingerprint density at radius 2 is 1.83 bits per heavy atom. The minimum atomic E-state index is 0.452. The first-order chi connectivity index (χ1) is 11.1. The topological polar surface area (TPSA) is 86.0 Å². The fraction of sp³-hybridized carbons (Fsp3) is 0.176. The van der Waals surface area contributed by atoms with Gasteiger partial charge in [0.15, 0.2) is 0 Å². The summed E-state index contributed by atoms with van der Waals surface area (Å²) in [7, 11) is 1.77. The molecule has 4 N–H and O–H groups in total. The van der Waals surface area contributed by atoms with E-state index >= 15 is 0 Å². The Morgan fingerprint density at radius 3 is 2.52 bits per heavy atom. The largest absolute Gasteiger partial charge is 0.397 e. The van der Waals surface area contributed by atoms with Gasteiger partial charge < -0.3 is 10.7 Å². The summed E-state index contributed by atoms with van der Waals surface area (Å²) >= 11 is 0. The normalized spacial score (nSPS) is 12.3. The van der Waals surface area contributed by atoms with E-state index in [-0.39, 0.29) is 0 Å². The molecule has 0 saturated heterocycles. The first kappa shape index (κ1) is 15.1. The van der Waals surface area contributed by atoms with Gasteiger partial charge in [0.2, 0.25) is 0 Å². The fourth-order valence-electron chi connectivity index (χ4n) is 2.46. The van der Waals surface area contributed by atoms with Crippen LogP contribution in [0.2, 0.25) is 0 Å². The van der Waals surface area contributed by atoms with Gasteiger partial charge >= 0.3 is 0 Å². The molecule has 0 aliphatic heterocycles. The molecule has 0 fully saturated rings. The highest BCUT2D eigenvalue weighted by molar-refractivity contribution is 5.74. The molecule has 0 saturated carbocycles. The first-order valence-electron chi connectivity index (χ1n) is 7.38. The van der Waals surface area contributed by atoms with E-state index in [0.29, 0.717) is 12.2 Å². The second-order valence-electron chi connectivity index (χ2n) is 5.57. The third-order valence-corrected chi connectivity index (χ3v) is 3.82. The number of fused-ring (bicyclic) bond motifs is 1. The maximum absolute atomic E-state index is 6.35. The average Bonchev–Trinajstić information content (AvgIpc) is 2.95. The molecular weight excluding hydrogens is 288 g/mol. The van der Waals surface area contributed by atoms with Crippen molar-refractivity contribution in [1.82, 2.24) is 20.0 Å². The van der Waals surface area contributed by atoms with E-state index in [2.05, 4.69) is 10.3 Å². The summed E-state index contributed by atoms with van der Waals surface area (Å²) in [6.07, 6.45) is 0. The molecule has 0 unspecified atom stereocenters. The first-order valence-corrected chi connectivity index (χ1v) is 7.38. The smallest absolute Gasteiger partial charge is 0.113 e. The van der Waals surface area contributed by atoms with Crippen molar-refractivity contribution in [3.05, 3.63) is 65.4 Å². The number of hydrogen-bond acceptors (Lipinski definition) is 5. The Morgan fingerprint density at radius 1 is 1.13 bits per heavy atom. The lowest BCUT2D eigenvalue weighted by Crippen LogP contribution is -2.30. The lowest BCUT2D eigenvalue weighted by molar-refractivity contribution is 0.404. The lowest BCUT2D eigenvalue weighted by atomic mass is 10.1. The Kier molecular flexibility index (Phi) is 3.99. The molecule has 0 radical (unpaired) electrons. The van der Waals surface area contributed by atoms with E-state index in [9.17, 15) is 0 Å². The van der Waals surface area contributed by atoms with Crippen molar-refractivity contribution < 1.29 is 0 Å². The molecule has 0 aliphatic carbocycles. The van der Waals surface area contributed by atoms with Crippen LogP contribution in [0.4, 0.5) is 0 Å².